The maximum absolute atomic E-state index is 13.2. The van der Waals surface area contributed by atoms with Crippen LogP contribution in [0.5, 0.6) is 0 Å². The lowest BCUT2D eigenvalue weighted by molar-refractivity contribution is 0.0986. The van der Waals surface area contributed by atoms with Gasteiger partial charge in [0, 0.05) is 23.5 Å². The van der Waals surface area contributed by atoms with Gasteiger partial charge in [-0.3, -0.25) is 9.10 Å². The monoisotopic (exact) mass is 388 g/mol. The van der Waals surface area contributed by atoms with Crippen LogP contribution in [0.1, 0.15) is 23.2 Å². The number of hydrogen-bond acceptors (Lipinski definition) is 4. The molecular weight excluding hydrogens is 368 g/mol. The molecule has 0 aromatic heterocycles. The first-order chi connectivity index (χ1) is 12.6. The van der Waals surface area contributed by atoms with Crippen molar-refractivity contribution in [2.75, 3.05) is 33.8 Å². The Bertz CT molecular complexity index is 943. The van der Waals surface area contributed by atoms with E-state index in [4.69, 9.17) is 0 Å². The van der Waals surface area contributed by atoms with Crippen molar-refractivity contribution in [2.24, 2.45) is 0 Å². The van der Waals surface area contributed by atoms with Gasteiger partial charge < -0.3 is 4.90 Å². The van der Waals surface area contributed by atoms with Gasteiger partial charge in [0.05, 0.1) is 17.1 Å². The number of benzene rings is 2. The third-order valence-corrected chi connectivity index (χ3v) is 7.68. The summed E-state index contributed by atoms with van der Waals surface area (Å²) in [6.07, 6.45) is 1.54. The van der Waals surface area contributed by atoms with Crippen LogP contribution < -0.4 is 9.21 Å². The number of para-hydroxylation sites is 1. The summed E-state index contributed by atoms with van der Waals surface area (Å²) in [4.78, 5) is 16.1. The highest BCUT2D eigenvalue weighted by molar-refractivity contribution is 7.99. The quantitative estimate of drug-likeness (QED) is 0.791. The summed E-state index contributed by atoms with van der Waals surface area (Å²) in [6, 6.07) is 14.9. The lowest BCUT2D eigenvalue weighted by Gasteiger charge is -2.23. The lowest BCUT2D eigenvalue weighted by atomic mass is 10.1. The van der Waals surface area contributed by atoms with E-state index in [1.807, 2.05) is 29.2 Å². The summed E-state index contributed by atoms with van der Waals surface area (Å²) in [5.74, 6) is 1.06. The Morgan fingerprint density at radius 1 is 1.00 bits per heavy atom. The highest BCUT2D eigenvalue weighted by Crippen LogP contribution is 2.34. The van der Waals surface area contributed by atoms with Crippen molar-refractivity contribution in [3.8, 4) is 0 Å². The number of amides is 1. The van der Waals surface area contributed by atoms with Crippen LogP contribution in [0, 0.1) is 0 Å². The minimum absolute atomic E-state index is 0.0848. The molecule has 0 saturated carbocycles. The van der Waals surface area contributed by atoms with Crippen LogP contribution in [0.4, 0.5) is 11.4 Å². The third-order valence-electron chi connectivity index (χ3n) is 4.67. The number of sulfonamides is 1. The zero-order valence-corrected chi connectivity index (χ0v) is 15.9. The van der Waals surface area contributed by atoms with Gasteiger partial charge >= 0.3 is 0 Å². The zero-order valence-electron chi connectivity index (χ0n) is 14.3. The van der Waals surface area contributed by atoms with E-state index in [9.17, 15) is 13.2 Å². The molecule has 136 valence electrons. The van der Waals surface area contributed by atoms with Crippen molar-refractivity contribution in [3.05, 3.63) is 54.1 Å². The molecule has 0 N–H and O–H groups in total. The van der Waals surface area contributed by atoms with Crippen LogP contribution in [0.2, 0.25) is 0 Å². The highest BCUT2D eigenvalue weighted by atomic mass is 32.2. The SMILES string of the molecule is O=C(c1cccc(N2CCCS2(=O)=O)c1)N1CCCSc2ccccc21. The Labute approximate surface area is 158 Å². The van der Waals surface area contributed by atoms with Crippen LogP contribution >= 0.6 is 11.8 Å². The molecule has 5 nitrogen and oxygen atoms in total. The van der Waals surface area contributed by atoms with Crippen molar-refractivity contribution < 1.29 is 13.2 Å². The Hall–Kier alpha value is -1.99. The maximum Gasteiger partial charge on any atom is 0.258 e. The molecule has 0 bridgehead atoms. The molecular formula is C19H20N2O3S2. The standard InChI is InChI=1S/C19H20N2O3S2/c22-19(20-10-4-12-25-18-9-2-1-8-17(18)20)15-6-3-7-16(14-15)21-11-5-13-26(21,23)24/h1-3,6-9,14H,4-5,10-13H2. The number of thioether (sulfide) groups is 1. The molecule has 0 aliphatic carbocycles. The molecule has 2 aromatic carbocycles. The molecule has 0 radical (unpaired) electrons. The molecule has 26 heavy (non-hydrogen) atoms. The second kappa shape index (κ2) is 6.96. The molecule has 0 unspecified atom stereocenters. The van der Waals surface area contributed by atoms with Gasteiger partial charge in [-0.05, 0) is 48.9 Å². The van der Waals surface area contributed by atoms with E-state index in [1.54, 1.807) is 36.0 Å². The summed E-state index contributed by atoms with van der Waals surface area (Å²) in [6.45, 7) is 1.14. The summed E-state index contributed by atoms with van der Waals surface area (Å²) in [5.41, 5.74) is 2.02. The van der Waals surface area contributed by atoms with E-state index in [-0.39, 0.29) is 11.7 Å². The molecule has 2 aromatic rings. The summed E-state index contributed by atoms with van der Waals surface area (Å²) < 4.78 is 25.8. The van der Waals surface area contributed by atoms with Gasteiger partial charge in [-0.2, -0.15) is 0 Å². The van der Waals surface area contributed by atoms with Gasteiger partial charge in [-0.25, -0.2) is 8.42 Å². The topological polar surface area (TPSA) is 57.7 Å². The molecule has 0 spiro atoms. The smallest absolute Gasteiger partial charge is 0.258 e. The molecule has 1 fully saturated rings. The number of rotatable bonds is 2. The van der Waals surface area contributed by atoms with Gasteiger partial charge in [-0.15, -0.1) is 11.8 Å². The van der Waals surface area contributed by atoms with E-state index in [2.05, 4.69) is 0 Å². The second-order valence-electron chi connectivity index (χ2n) is 6.42. The lowest BCUT2D eigenvalue weighted by Crippen LogP contribution is -2.32. The highest BCUT2D eigenvalue weighted by Gasteiger charge is 2.29. The minimum atomic E-state index is -3.26. The van der Waals surface area contributed by atoms with E-state index < -0.39 is 10.0 Å². The maximum atomic E-state index is 13.2. The van der Waals surface area contributed by atoms with Gasteiger partial charge in [0.25, 0.3) is 5.91 Å². The molecule has 2 heterocycles. The van der Waals surface area contributed by atoms with Crippen LogP contribution in [-0.4, -0.2) is 38.9 Å². The fourth-order valence-corrected chi connectivity index (χ4v) is 5.97. The first-order valence-electron chi connectivity index (χ1n) is 8.70. The molecule has 0 atom stereocenters. The van der Waals surface area contributed by atoms with Crippen molar-refractivity contribution in [1.29, 1.82) is 0 Å². The molecule has 7 heteroatoms. The summed E-state index contributed by atoms with van der Waals surface area (Å²) in [7, 11) is -3.26. The van der Waals surface area contributed by atoms with Gasteiger partial charge in [0.2, 0.25) is 10.0 Å². The normalized spacial score (nSPS) is 19.1. The zero-order chi connectivity index (χ0) is 18.1. The van der Waals surface area contributed by atoms with Crippen molar-refractivity contribution in [1.82, 2.24) is 0 Å². The largest absolute Gasteiger partial charge is 0.307 e. The van der Waals surface area contributed by atoms with Crippen LogP contribution in [0.3, 0.4) is 0 Å². The van der Waals surface area contributed by atoms with E-state index in [0.717, 1.165) is 22.8 Å². The fraction of sp³-hybridized carbons (Fsp3) is 0.316. The number of carbonyl (C=O) groups excluding carboxylic acids is 1. The second-order valence-corrected chi connectivity index (χ2v) is 9.57. The molecule has 4 rings (SSSR count). The molecule has 2 aliphatic heterocycles. The molecule has 2 aliphatic rings. The van der Waals surface area contributed by atoms with Crippen LogP contribution in [-0.2, 0) is 10.0 Å². The van der Waals surface area contributed by atoms with Crippen LogP contribution in [0.25, 0.3) is 0 Å². The van der Waals surface area contributed by atoms with E-state index >= 15 is 0 Å². The van der Waals surface area contributed by atoms with Gasteiger partial charge in [-0.1, -0.05) is 18.2 Å². The first-order valence-corrected chi connectivity index (χ1v) is 11.3. The predicted octanol–water partition coefficient (Wildman–Crippen LogP) is 3.37. The Balaban J connectivity index is 1.68. The Kier molecular flexibility index (Phi) is 4.67. The third kappa shape index (κ3) is 3.21. The molecule has 1 amide bonds. The molecule has 1 saturated heterocycles. The number of hydrogen-bond donors (Lipinski definition) is 0. The van der Waals surface area contributed by atoms with Gasteiger partial charge in [0.15, 0.2) is 0 Å². The Morgan fingerprint density at radius 3 is 2.65 bits per heavy atom. The number of nitrogens with zero attached hydrogens (tertiary/aromatic N) is 2. The van der Waals surface area contributed by atoms with Crippen molar-refractivity contribution in [2.45, 2.75) is 17.7 Å². The van der Waals surface area contributed by atoms with Crippen LogP contribution in [0.15, 0.2) is 53.4 Å². The number of anilines is 2. The minimum Gasteiger partial charge on any atom is -0.307 e. The number of carbonyl (C=O) groups is 1. The van der Waals surface area contributed by atoms with Crippen molar-refractivity contribution in [3.63, 3.8) is 0 Å². The average Bonchev–Trinajstić information content (AvgIpc) is 2.88. The summed E-state index contributed by atoms with van der Waals surface area (Å²) >= 11 is 1.77. The first kappa shape index (κ1) is 17.4. The van der Waals surface area contributed by atoms with E-state index in [1.165, 1.54) is 4.31 Å². The average molecular weight is 389 g/mol. The number of fused-ring (bicyclic) bond motifs is 1. The van der Waals surface area contributed by atoms with Gasteiger partial charge in [0.1, 0.15) is 0 Å². The van der Waals surface area contributed by atoms with E-state index in [0.29, 0.717) is 30.8 Å². The Morgan fingerprint density at radius 2 is 1.85 bits per heavy atom. The summed E-state index contributed by atoms with van der Waals surface area (Å²) in [5, 5.41) is 0. The fourth-order valence-electron chi connectivity index (χ4n) is 3.42. The predicted molar refractivity (Wildman–Crippen MR) is 106 cm³/mol. The van der Waals surface area contributed by atoms with Crippen molar-refractivity contribution >= 4 is 39.1 Å².